The topological polar surface area (TPSA) is 81.2 Å². The Morgan fingerprint density at radius 3 is 2.63 bits per heavy atom. The number of thioether (sulfide) groups is 1. The number of nitrogens with zero attached hydrogens (tertiary/aromatic N) is 2. The predicted octanol–water partition coefficient (Wildman–Crippen LogP) is 4.11. The van der Waals surface area contributed by atoms with Crippen LogP contribution in [0.15, 0.2) is 59.8 Å². The molecular weight excluding hydrogens is 382 g/mol. The number of pyridine rings is 1. The van der Waals surface area contributed by atoms with Crippen molar-refractivity contribution >= 4 is 40.1 Å². The summed E-state index contributed by atoms with van der Waals surface area (Å²) in [5, 5.41) is 3.88. The van der Waals surface area contributed by atoms with Gasteiger partial charge in [0.1, 0.15) is 4.88 Å². The van der Waals surface area contributed by atoms with Crippen molar-refractivity contribution in [3.05, 3.63) is 59.6 Å². The maximum Gasteiger partial charge on any atom is 0.350 e. The van der Waals surface area contributed by atoms with Crippen LogP contribution in [0.25, 0.3) is 11.3 Å². The molecule has 0 aliphatic carbocycles. The highest BCUT2D eigenvalue weighted by atomic mass is 32.2. The highest BCUT2D eigenvalue weighted by Gasteiger charge is 2.21. The second-order valence-electron chi connectivity index (χ2n) is 5.29. The van der Waals surface area contributed by atoms with Gasteiger partial charge >= 0.3 is 5.97 Å². The first kappa shape index (κ1) is 19.1. The fourth-order valence-corrected chi connectivity index (χ4v) is 3.79. The Hall–Kier alpha value is -2.71. The summed E-state index contributed by atoms with van der Waals surface area (Å²) in [5.74, 6) is -0.460. The Morgan fingerprint density at radius 2 is 1.93 bits per heavy atom. The summed E-state index contributed by atoms with van der Waals surface area (Å²) in [6, 6.07) is 14.9. The van der Waals surface area contributed by atoms with E-state index < -0.39 is 5.97 Å². The van der Waals surface area contributed by atoms with Crippen LogP contribution in [0.3, 0.4) is 0 Å². The first-order valence-electron chi connectivity index (χ1n) is 8.24. The van der Waals surface area contributed by atoms with Gasteiger partial charge in [-0.2, -0.15) is 0 Å². The van der Waals surface area contributed by atoms with Crippen molar-refractivity contribution in [1.29, 1.82) is 0 Å². The molecule has 0 unspecified atom stereocenters. The standard InChI is InChI=1S/C19H17N3O3S2/c1-2-25-18(24)17-16(13-8-4-3-5-9-13)22-19(27-17)21-14(23)12-26-15-10-6-7-11-20-15/h3-11H,2,12H2,1H3,(H,21,22,23). The van der Waals surface area contributed by atoms with Crippen LogP contribution < -0.4 is 5.32 Å². The molecule has 0 saturated heterocycles. The van der Waals surface area contributed by atoms with E-state index >= 15 is 0 Å². The van der Waals surface area contributed by atoms with Gasteiger partial charge in [-0.25, -0.2) is 14.8 Å². The van der Waals surface area contributed by atoms with E-state index in [4.69, 9.17) is 4.74 Å². The number of benzene rings is 1. The van der Waals surface area contributed by atoms with E-state index in [0.29, 0.717) is 15.7 Å². The number of ether oxygens (including phenoxy) is 1. The van der Waals surface area contributed by atoms with Crippen molar-refractivity contribution in [1.82, 2.24) is 9.97 Å². The number of hydrogen-bond acceptors (Lipinski definition) is 7. The van der Waals surface area contributed by atoms with Crippen molar-refractivity contribution in [3.8, 4) is 11.3 Å². The summed E-state index contributed by atoms with van der Waals surface area (Å²) in [5.41, 5.74) is 1.30. The lowest BCUT2D eigenvalue weighted by atomic mass is 10.1. The van der Waals surface area contributed by atoms with Gasteiger partial charge in [-0.15, -0.1) is 0 Å². The fraction of sp³-hybridized carbons (Fsp3) is 0.158. The van der Waals surface area contributed by atoms with E-state index in [1.54, 1.807) is 13.1 Å². The first-order valence-corrected chi connectivity index (χ1v) is 10.0. The van der Waals surface area contributed by atoms with Gasteiger partial charge in [0.2, 0.25) is 5.91 Å². The molecule has 2 aromatic heterocycles. The molecule has 3 aromatic rings. The van der Waals surface area contributed by atoms with Crippen LogP contribution >= 0.6 is 23.1 Å². The Kier molecular flexibility index (Phi) is 6.56. The number of aromatic nitrogens is 2. The summed E-state index contributed by atoms with van der Waals surface area (Å²) in [7, 11) is 0. The summed E-state index contributed by atoms with van der Waals surface area (Å²) in [6.45, 7) is 2.02. The maximum atomic E-state index is 12.3. The van der Waals surface area contributed by atoms with Gasteiger partial charge in [-0.1, -0.05) is 59.5 Å². The molecule has 0 aliphatic heterocycles. The van der Waals surface area contributed by atoms with Crippen molar-refractivity contribution in [2.24, 2.45) is 0 Å². The molecule has 3 rings (SSSR count). The van der Waals surface area contributed by atoms with E-state index in [9.17, 15) is 9.59 Å². The molecule has 0 saturated carbocycles. The number of nitrogens with one attached hydrogen (secondary N) is 1. The van der Waals surface area contributed by atoms with E-state index in [1.165, 1.54) is 11.8 Å². The molecule has 27 heavy (non-hydrogen) atoms. The third-order valence-corrected chi connectivity index (χ3v) is 5.27. The Balaban J connectivity index is 1.75. The highest BCUT2D eigenvalue weighted by Crippen LogP contribution is 2.32. The number of esters is 1. The predicted molar refractivity (Wildman–Crippen MR) is 107 cm³/mol. The highest BCUT2D eigenvalue weighted by molar-refractivity contribution is 7.99. The van der Waals surface area contributed by atoms with E-state index in [-0.39, 0.29) is 18.3 Å². The minimum Gasteiger partial charge on any atom is -0.462 e. The summed E-state index contributed by atoms with van der Waals surface area (Å²) in [6.07, 6.45) is 1.68. The maximum absolute atomic E-state index is 12.3. The van der Waals surface area contributed by atoms with Crippen LogP contribution in [-0.2, 0) is 9.53 Å². The van der Waals surface area contributed by atoms with Crippen LogP contribution in [0.2, 0.25) is 0 Å². The SMILES string of the molecule is CCOC(=O)c1sc(NC(=O)CSc2ccccn2)nc1-c1ccccc1. The number of carbonyl (C=O) groups is 2. The molecule has 138 valence electrons. The second-order valence-corrected chi connectivity index (χ2v) is 7.28. The summed E-state index contributed by atoms with van der Waals surface area (Å²) < 4.78 is 5.12. The lowest BCUT2D eigenvalue weighted by Crippen LogP contribution is -2.13. The van der Waals surface area contributed by atoms with E-state index in [0.717, 1.165) is 21.9 Å². The molecule has 6 nitrogen and oxygen atoms in total. The van der Waals surface area contributed by atoms with Gasteiger partial charge in [0.15, 0.2) is 5.13 Å². The third kappa shape index (κ3) is 5.15. The van der Waals surface area contributed by atoms with Crippen molar-refractivity contribution < 1.29 is 14.3 Å². The average Bonchev–Trinajstić information content (AvgIpc) is 3.12. The molecular formula is C19H17N3O3S2. The molecule has 1 aromatic carbocycles. The minimum atomic E-state index is -0.447. The van der Waals surface area contributed by atoms with Gasteiger partial charge in [-0.05, 0) is 19.1 Å². The van der Waals surface area contributed by atoms with Crippen LogP contribution in [0, 0.1) is 0 Å². The number of carbonyl (C=O) groups excluding carboxylic acids is 2. The molecule has 1 N–H and O–H groups in total. The second kappa shape index (κ2) is 9.29. The van der Waals surface area contributed by atoms with Gasteiger partial charge < -0.3 is 10.1 Å². The zero-order valence-corrected chi connectivity index (χ0v) is 16.2. The van der Waals surface area contributed by atoms with Gasteiger partial charge in [0, 0.05) is 11.8 Å². The molecule has 0 atom stereocenters. The van der Waals surface area contributed by atoms with Crippen LogP contribution in [0.1, 0.15) is 16.6 Å². The molecule has 0 spiro atoms. The fourth-order valence-electron chi connectivity index (χ4n) is 2.23. The monoisotopic (exact) mass is 399 g/mol. The van der Waals surface area contributed by atoms with Crippen molar-refractivity contribution in [2.75, 3.05) is 17.7 Å². The quantitative estimate of drug-likeness (QED) is 0.476. The van der Waals surface area contributed by atoms with Gasteiger partial charge in [-0.3, -0.25) is 4.79 Å². The molecule has 1 amide bonds. The lowest BCUT2D eigenvalue weighted by molar-refractivity contribution is -0.113. The first-order chi connectivity index (χ1) is 13.2. The minimum absolute atomic E-state index is 0.200. The van der Waals surface area contributed by atoms with Gasteiger partial charge in [0.05, 0.1) is 23.1 Å². The molecule has 0 bridgehead atoms. The Bertz CT molecular complexity index is 914. The largest absolute Gasteiger partial charge is 0.462 e. The number of thiazole rings is 1. The van der Waals surface area contributed by atoms with E-state index in [2.05, 4.69) is 15.3 Å². The summed E-state index contributed by atoms with van der Waals surface area (Å²) >= 11 is 2.44. The lowest BCUT2D eigenvalue weighted by Gasteiger charge is -2.01. The summed E-state index contributed by atoms with van der Waals surface area (Å²) in [4.78, 5) is 33.5. The number of rotatable bonds is 7. The molecule has 0 radical (unpaired) electrons. The molecule has 8 heteroatoms. The smallest absolute Gasteiger partial charge is 0.350 e. The Labute approximate surface area is 165 Å². The zero-order valence-electron chi connectivity index (χ0n) is 14.5. The number of hydrogen-bond donors (Lipinski definition) is 1. The molecule has 0 aliphatic rings. The van der Waals surface area contributed by atoms with Crippen LogP contribution in [-0.4, -0.2) is 34.2 Å². The molecule has 0 fully saturated rings. The zero-order chi connectivity index (χ0) is 19.1. The van der Waals surface area contributed by atoms with E-state index in [1.807, 2.05) is 48.5 Å². The van der Waals surface area contributed by atoms with Crippen molar-refractivity contribution in [3.63, 3.8) is 0 Å². The van der Waals surface area contributed by atoms with Crippen molar-refractivity contribution in [2.45, 2.75) is 11.9 Å². The Morgan fingerprint density at radius 1 is 1.15 bits per heavy atom. The van der Waals surface area contributed by atoms with Gasteiger partial charge in [0.25, 0.3) is 0 Å². The average molecular weight is 399 g/mol. The normalized spacial score (nSPS) is 10.4. The molecule has 2 heterocycles. The third-order valence-electron chi connectivity index (χ3n) is 3.37. The van der Waals surface area contributed by atoms with Crippen LogP contribution in [0.5, 0.6) is 0 Å². The number of anilines is 1. The van der Waals surface area contributed by atoms with Crippen LogP contribution in [0.4, 0.5) is 5.13 Å². The number of amides is 1.